The van der Waals surface area contributed by atoms with Crippen LogP contribution in [0.4, 0.5) is 5.69 Å². The highest BCUT2D eigenvalue weighted by atomic mass is 32.2. The number of thioether (sulfide) groups is 1. The highest BCUT2D eigenvalue weighted by molar-refractivity contribution is 7.99. The standard InChI is InChI=1S/C14H22N2OS/c1-4-18-10-9-11(2)16-14(17)12-5-7-13(15-3)8-6-12/h5-8,11,15H,4,9-10H2,1-3H3,(H,16,17). The minimum Gasteiger partial charge on any atom is -0.388 e. The average molecular weight is 266 g/mol. The maximum Gasteiger partial charge on any atom is 0.251 e. The number of hydrogen-bond donors (Lipinski definition) is 2. The maximum absolute atomic E-state index is 11.9. The van der Waals surface area contributed by atoms with Crippen molar-refractivity contribution >= 4 is 23.4 Å². The summed E-state index contributed by atoms with van der Waals surface area (Å²) in [6.45, 7) is 4.20. The summed E-state index contributed by atoms with van der Waals surface area (Å²) in [5.74, 6) is 2.23. The van der Waals surface area contributed by atoms with E-state index in [-0.39, 0.29) is 11.9 Å². The van der Waals surface area contributed by atoms with Gasteiger partial charge in [-0.15, -0.1) is 0 Å². The van der Waals surface area contributed by atoms with Crippen molar-refractivity contribution in [3.63, 3.8) is 0 Å². The molecule has 1 aromatic rings. The minimum atomic E-state index is 0.00616. The molecule has 0 aliphatic rings. The molecular formula is C14H22N2OS. The molecule has 0 saturated carbocycles. The number of amides is 1. The predicted molar refractivity (Wildman–Crippen MR) is 80.5 cm³/mol. The molecule has 0 radical (unpaired) electrons. The van der Waals surface area contributed by atoms with Gasteiger partial charge in [-0.3, -0.25) is 4.79 Å². The lowest BCUT2D eigenvalue weighted by molar-refractivity contribution is 0.0939. The summed E-state index contributed by atoms with van der Waals surface area (Å²) in [4.78, 5) is 11.9. The maximum atomic E-state index is 11.9. The lowest BCUT2D eigenvalue weighted by atomic mass is 10.1. The van der Waals surface area contributed by atoms with Crippen LogP contribution in [0.2, 0.25) is 0 Å². The van der Waals surface area contributed by atoms with E-state index in [0.717, 1.165) is 23.6 Å². The first kappa shape index (κ1) is 14.9. The third kappa shape index (κ3) is 5.00. The largest absolute Gasteiger partial charge is 0.388 e. The molecule has 3 nitrogen and oxygen atoms in total. The van der Waals surface area contributed by atoms with Gasteiger partial charge in [-0.25, -0.2) is 0 Å². The quantitative estimate of drug-likeness (QED) is 0.745. The molecule has 1 unspecified atom stereocenters. The summed E-state index contributed by atoms with van der Waals surface area (Å²) in [6, 6.07) is 7.73. The molecule has 0 heterocycles. The minimum absolute atomic E-state index is 0.00616. The third-order valence-corrected chi connectivity index (χ3v) is 3.65. The number of carbonyl (C=O) groups excluding carboxylic acids is 1. The first-order chi connectivity index (χ1) is 8.67. The Kier molecular flexibility index (Phi) is 6.65. The van der Waals surface area contributed by atoms with Crippen LogP contribution < -0.4 is 10.6 Å². The second-order valence-corrected chi connectivity index (χ2v) is 5.58. The Labute approximate surface area is 114 Å². The van der Waals surface area contributed by atoms with Gasteiger partial charge < -0.3 is 10.6 Å². The molecule has 0 spiro atoms. The molecule has 100 valence electrons. The van der Waals surface area contributed by atoms with Crippen LogP contribution in [-0.4, -0.2) is 30.5 Å². The molecular weight excluding hydrogens is 244 g/mol. The van der Waals surface area contributed by atoms with Gasteiger partial charge in [0.1, 0.15) is 0 Å². The zero-order chi connectivity index (χ0) is 13.4. The van der Waals surface area contributed by atoms with Crippen molar-refractivity contribution < 1.29 is 4.79 Å². The van der Waals surface area contributed by atoms with Gasteiger partial charge in [0.25, 0.3) is 5.91 Å². The predicted octanol–water partition coefficient (Wildman–Crippen LogP) is 2.99. The molecule has 0 saturated heterocycles. The highest BCUT2D eigenvalue weighted by Crippen LogP contribution is 2.09. The topological polar surface area (TPSA) is 41.1 Å². The van der Waals surface area contributed by atoms with E-state index >= 15 is 0 Å². The molecule has 0 aliphatic carbocycles. The van der Waals surface area contributed by atoms with E-state index in [1.165, 1.54) is 0 Å². The van der Waals surface area contributed by atoms with Crippen LogP contribution in [0.15, 0.2) is 24.3 Å². The van der Waals surface area contributed by atoms with E-state index < -0.39 is 0 Å². The van der Waals surface area contributed by atoms with Gasteiger partial charge in [0.15, 0.2) is 0 Å². The van der Waals surface area contributed by atoms with E-state index in [9.17, 15) is 4.79 Å². The average Bonchev–Trinajstić information content (AvgIpc) is 2.39. The van der Waals surface area contributed by atoms with Crippen LogP contribution >= 0.6 is 11.8 Å². The zero-order valence-corrected chi connectivity index (χ0v) is 12.1. The Morgan fingerprint density at radius 3 is 2.56 bits per heavy atom. The molecule has 0 aliphatic heterocycles. The second-order valence-electron chi connectivity index (χ2n) is 4.19. The van der Waals surface area contributed by atoms with Crippen molar-refractivity contribution in [1.29, 1.82) is 0 Å². The van der Waals surface area contributed by atoms with Crippen LogP contribution in [0, 0.1) is 0 Å². The Morgan fingerprint density at radius 2 is 2.00 bits per heavy atom. The summed E-state index contributed by atoms with van der Waals surface area (Å²) < 4.78 is 0. The molecule has 1 atom stereocenters. The van der Waals surface area contributed by atoms with Gasteiger partial charge in [0, 0.05) is 24.3 Å². The Morgan fingerprint density at radius 1 is 1.33 bits per heavy atom. The monoisotopic (exact) mass is 266 g/mol. The second kappa shape index (κ2) is 8.03. The van der Waals surface area contributed by atoms with Crippen molar-refractivity contribution in [2.45, 2.75) is 26.3 Å². The van der Waals surface area contributed by atoms with Gasteiger partial charge in [-0.2, -0.15) is 11.8 Å². The Hall–Kier alpha value is -1.16. The van der Waals surface area contributed by atoms with Gasteiger partial charge in [-0.05, 0) is 49.1 Å². The number of benzene rings is 1. The molecule has 1 amide bonds. The number of hydrogen-bond acceptors (Lipinski definition) is 3. The zero-order valence-electron chi connectivity index (χ0n) is 11.3. The van der Waals surface area contributed by atoms with Crippen molar-refractivity contribution in [2.24, 2.45) is 0 Å². The lowest BCUT2D eigenvalue weighted by Gasteiger charge is -2.13. The fourth-order valence-corrected chi connectivity index (χ4v) is 2.38. The lowest BCUT2D eigenvalue weighted by Crippen LogP contribution is -2.32. The van der Waals surface area contributed by atoms with E-state index in [2.05, 4.69) is 24.5 Å². The summed E-state index contributed by atoms with van der Waals surface area (Å²) in [5, 5.41) is 6.05. The van der Waals surface area contributed by atoms with Crippen molar-refractivity contribution in [2.75, 3.05) is 23.9 Å². The number of rotatable bonds is 7. The van der Waals surface area contributed by atoms with Crippen LogP contribution in [0.3, 0.4) is 0 Å². The van der Waals surface area contributed by atoms with Gasteiger partial charge in [0.2, 0.25) is 0 Å². The SMILES string of the molecule is CCSCCC(C)NC(=O)c1ccc(NC)cc1. The van der Waals surface area contributed by atoms with Gasteiger partial charge in [-0.1, -0.05) is 6.92 Å². The first-order valence-electron chi connectivity index (χ1n) is 6.33. The summed E-state index contributed by atoms with van der Waals surface area (Å²) >= 11 is 1.90. The third-order valence-electron chi connectivity index (χ3n) is 2.71. The smallest absolute Gasteiger partial charge is 0.251 e. The van der Waals surface area contributed by atoms with Crippen molar-refractivity contribution in [3.8, 4) is 0 Å². The fraction of sp³-hybridized carbons (Fsp3) is 0.500. The van der Waals surface area contributed by atoms with Gasteiger partial charge in [0.05, 0.1) is 0 Å². The van der Waals surface area contributed by atoms with Crippen LogP contribution in [0.1, 0.15) is 30.6 Å². The first-order valence-corrected chi connectivity index (χ1v) is 7.49. The molecule has 0 aromatic heterocycles. The van der Waals surface area contributed by atoms with Crippen LogP contribution in [-0.2, 0) is 0 Å². The molecule has 18 heavy (non-hydrogen) atoms. The van der Waals surface area contributed by atoms with E-state index in [1.54, 1.807) is 0 Å². The summed E-state index contributed by atoms with van der Waals surface area (Å²) in [7, 11) is 1.86. The van der Waals surface area contributed by atoms with E-state index in [4.69, 9.17) is 0 Å². The number of anilines is 1. The normalized spacial score (nSPS) is 11.9. The Balaban J connectivity index is 2.43. The van der Waals surface area contributed by atoms with E-state index in [1.807, 2.05) is 43.1 Å². The fourth-order valence-electron chi connectivity index (χ4n) is 1.57. The molecule has 2 N–H and O–H groups in total. The van der Waals surface area contributed by atoms with Crippen LogP contribution in [0.5, 0.6) is 0 Å². The van der Waals surface area contributed by atoms with Crippen molar-refractivity contribution in [3.05, 3.63) is 29.8 Å². The molecule has 0 fully saturated rings. The molecule has 0 bridgehead atoms. The number of carbonyl (C=O) groups is 1. The highest BCUT2D eigenvalue weighted by Gasteiger charge is 2.09. The molecule has 4 heteroatoms. The molecule has 1 rings (SSSR count). The van der Waals surface area contributed by atoms with Crippen molar-refractivity contribution in [1.82, 2.24) is 5.32 Å². The van der Waals surface area contributed by atoms with E-state index in [0.29, 0.717) is 5.56 Å². The van der Waals surface area contributed by atoms with Crippen LogP contribution in [0.25, 0.3) is 0 Å². The summed E-state index contributed by atoms with van der Waals surface area (Å²) in [6.07, 6.45) is 1.01. The Bertz CT molecular complexity index is 365. The number of nitrogens with one attached hydrogen (secondary N) is 2. The molecule has 1 aromatic carbocycles. The summed E-state index contributed by atoms with van der Waals surface area (Å²) in [5.41, 5.74) is 1.72. The van der Waals surface area contributed by atoms with Gasteiger partial charge >= 0.3 is 0 Å².